The zero-order valence-electron chi connectivity index (χ0n) is 6.79. The van der Waals surface area contributed by atoms with Gasteiger partial charge in [-0.1, -0.05) is 0 Å². The Labute approximate surface area is 85.6 Å². The number of nitrogens with zero attached hydrogens (tertiary/aromatic N) is 1. The minimum atomic E-state index is 0.708. The van der Waals surface area contributed by atoms with Gasteiger partial charge in [0.05, 0.1) is 28.4 Å². The van der Waals surface area contributed by atoms with Crippen LogP contribution < -0.4 is 14.3 Å². The van der Waals surface area contributed by atoms with Gasteiger partial charge in [-0.25, -0.2) is 0 Å². The van der Waals surface area contributed by atoms with Crippen molar-refractivity contribution in [3.05, 3.63) is 23.8 Å². The molecule has 0 fully saturated rings. The highest BCUT2D eigenvalue weighted by Crippen LogP contribution is 2.20. The van der Waals surface area contributed by atoms with E-state index in [9.17, 15) is 0 Å². The first-order valence-electron chi connectivity index (χ1n) is 3.49. The molecule has 4 heteroatoms. The largest absolute Gasteiger partial charge is 0.398 e. The Bertz CT molecular complexity index is 296. The Balaban J connectivity index is 3.13. The van der Waals surface area contributed by atoms with Gasteiger partial charge in [-0.05, 0) is 18.2 Å². The molecule has 3 nitrogen and oxygen atoms in total. The molecule has 1 aromatic carbocycles. The van der Waals surface area contributed by atoms with Crippen LogP contribution in [0.15, 0.2) is 18.2 Å². The van der Waals surface area contributed by atoms with Crippen molar-refractivity contribution in [2.45, 2.75) is 0 Å². The molecule has 0 bridgehead atoms. The van der Waals surface area contributed by atoms with E-state index in [0.29, 0.717) is 5.69 Å². The summed E-state index contributed by atoms with van der Waals surface area (Å²) >= 11 is 2.19. The summed E-state index contributed by atoms with van der Waals surface area (Å²) in [5.41, 5.74) is 8.33. The van der Waals surface area contributed by atoms with E-state index in [2.05, 4.69) is 22.9 Å². The number of nitrogens with two attached hydrogens (primary N) is 2. The predicted molar refractivity (Wildman–Crippen MR) is 60.4 cm³/mol. The predicted octanol–water partition coefficient (Wildman–Crippen LogP) is 0.233. The average Bonchev–Trinajstić information content (AvgIpc) is 2.05. The van der Waals surface area contributed by atoms with E-state index in [1.807, 2.05) is 28.4 Å². The first kappa shape index (κ1) is 9.31. The Morgan fingerprint density at radius 1 is 1.58 bits per heavy atom. The molecule has 4 N–H and O–H groups in total. The molecule has 0 unspecified atom stereocenters. The fraction of sp³-hybridized carbons (Fsp3) is 0.125. The molecule has 0 radical (unpaired) electrons. The maximum absolute atomic E-state index is 5.67. The number of hydrogen-bond acceptors (Lipinski definition) is 2. The second-order valence-corrected chi connectivity index (χ2v) is 3.90. The number of halogens is 1. The Morgan fingerprint density at radius 3 is 2.75 bits per heavy atom. The molecule has 0 spiro atoms. The topological polar surface area (TPSA) is 54.8 Å². The summed E-state index contributed by atoms with van der Waals surface area (Å²) in [6, 6.07) is 5.75. The van der Waals surface area contributed by atoms with E-state index in [1.165, 1.54) is 6.21 Å². The third-order valence-corrected chi connectivity index (χ3v) is 2.16. The molecule has 1 aromatic rings. The highest BCUT2D eigenvalue weighted by molar-refractivity contribution is 14.1. The molecule has 0 heterocycles. The van der Waals surface area contributed by atoms with Gasteiger partial charge in [0.1, 0.15) is 0 Å². The number of anilines is 2. The molecular weight excluding hydrogens is 265 g/mol. The van der Waals surface area contributed by atoms with Crippen LogP contribution in [0, 0.1) is 0 Å². The first-order valence-corrected chi connectivity index (χ1v) is 4.45. The van der Waals surface area contributed by atoms with Gasteiger partial charge in [-0.3, -0.25) is 5.41 Å². The maximum Gasteiger partial charge on any atom is 0.169 e. The Hall–Kier alpha value is -0.780. The molecule has 0 aliphatic rings. The third kappa shape index (κ3) is 1.88. The molecule has 64 valence electrons. The summed E-state index contributed by atoms with van der Waals surface area (Å²) in [6.45, 7) is 0. The fourth-order valence-corrected chi connectivity index (χ4v) is 1.20. The van der Waals surface area contributed by atoms with E-state index in [-0.39, 0.29) is 0 Å². The van der Waals surface area contributed by atoms with Crippen molar-refractivity contribution >= 4 is 40.5 Å². The van der Waals surface area contributed by atoms with Crippen molar-refractivity contribution in [1.82, 2.24) is 0 Å². The number of nitrogen functional groups attached to an aromatic ring is 1. The molecule has 0 saturated heterocycles. The molecule has 0 aliphatic heterocycles. The molecule has 1 rings (SSSR count). The number of rotatable bonds is 2. The molecule has 12 heavy (non-hydrogen) atoms. The van der Waals surface area contributed by atoms with Crippen LogP contribution in [0.5, 0.6) is 0 Å². The normalized spacial score (nSPS) is 9.50. The molecule has 0 aromatic heterocycles. The summed E-state index contributed by atoms with van der Waals surface area (Å²) < 4.78 is 1.98. The van der Waals surface area contributed by atoms with Crippen LogP contribution in [0.1, 0.15) is 5.56 Å². The van der Waals surface area contributed by atoms with Crippen LogP contribution in [0.25, 0.3) is 0 Å². The van der Waals surface area contributed by atoms with E-state index in [4.69, 9.17) is 11.1 Å². The number of hydrogen-bond donors (Lipinski definition) is 2. The summed E-state index contributed by atoms with van der Waals surface area (Å²) in [6.07, 6.45) is 1.51. The zero-order valence-corrected chi connectivity index (χ0v) is 8.95. The summed E-state index contributed by atoms with van der Waals surface area (Å²) in [5, 5.41) is 5.39. The van der Waals surface area contributed by atoms with Crippen molar-refractivity contribution in [1.29, 1.82) is 0 Å². The average molecular weight is 276 g/mol. The van der Waals surface area contributed by atoms with Crippen LogP contribution in [0.3, 0.4) is 0 Å². The quantitative estimate of drug-likeness (QED) is 0.352. The summed E-state index contributed by atoms with van der Waals surface area (Å²) in [4.78, 5) is 0. The first-order chi connectivity index (χ1) is 5.65. The van der Waals surface area contributed by atoms with Crippen molar-refractivity contribution in [3.63, 3.8) is 0 Å². The van der Waals surface area contributed by atoms with Gasteiger partial charge in [0.25, 0.3) is 0 Å². The highest BCUT2D eigenvalue weighted by Gasteiger charge is 2.01. The second-order valence-electron chi connectivity index (χ2n) is 2.46. The lowest BCUT2D eigenvalue weighted by Gasteiger charge is -2.10. The van der Waals surface area contributed by atoms with Gasteiger partial charge < -0.3 is 8.85 Å². The maximum atomic E-state index is 5.67. The molecular formula is C8H11IN3+. The van der Waals surface area contributed by atoms with E-state index in [1.54, 1.807) is 0 Å². The van der Waals surface area contributed by atoms with Crippen molar-refractivity contribution in [2.75, 3.05) is 15.9 Å². The van der Waals surface area contributed by atoms with E-state index in [0.717, 1.165) is 11.3 Å². The van der Waals surface area contributed by atoms with Crippen LogP contribution in [-0.4, -0.2) is 13.3 Å². The van der Waals surface area contributed by atoms with Gasteiger partial charge in [-0.2, -0.15) is 0 Å². The second kappa shape index (κ2) is 3.75. The van der Waals surface area contributed by atoms with Crippen LogP contribution in [-0.2, 0) is 0 Å². The van der Waals surface area contributed by atoms with Crippen molar-refractivity contribution in [2.24, 2.45) is 0 Å². The van der Waals surface area contributed by atoms with Crippen LogP contribution >= 0.6 is 22.9 Å². The lowest BCUT2D eigenvalue weighted by molar-refractivity contribution is -0.104. The van der Waals surface area contributed by atoms with Crippen molar-refractivity contribution < 1.29 is 5.41 Å². The van der Waals surface area contributed by atoms with Gasteiger partial charge in [0, 0.05) is 18.4 Å². The fourth-order valence-electron chi connectivity index (χ4n) is 0.898. The smallest absolute Gasteiger partial charge is 0.169 e. The lowest BCUT2D eigenvalue weighted by atomic mass is 10.2. The molecule has 0 saturated carbocycles. The Kier molecular flexibility index (Phi) is 2.91. The Morgan fingerprint density at radius 2 is 2.25 bits per heavy atom. The minimum Gasteiger partial charge on any atom is -0.398 e. The molecule has 0 atom stereocenters. The molecule has 0 aliphatic carbocycles. The lowest BCUT2D eigenvalue weighted by Crippen LogP contribution is -2.30. The summed E-state index contributed by atoms with van der Waals surface area (Å²) in [5.74, 6) is 0. The van der Waals surface area contributed by atoms with Crippen LogP contribution in [0.2, 0.25) is 0 Å². The summed E-state index contributed by atoms with van der Waals surface area (Å²) in [7, 11) is 1.96. The standard InChI is InChI=1S/C8H10IN3/c1-12(9)7-2-3-8(11)6(4-7)5-10/h2-5,10H,11H2,1H3/p+1. The number of benzene rings is 1. The monoisotopic (exact) mass is 276 g/mol. The minimum absolute atomic E-state index is 0.708. The van der Waals surface area contributed by atoms with E-state index < -0.39 is 0 Å². The van der Waals surface area contributed by atoms with Gasteiger partial charge in [0.2, 0.25) is 0 Å². The van der Waals surface area contributed by atoms with Gasteiger partial charge in [0.15, 0.2) is 6.21 Å². The van der Waals surface area contributed by atoms with Crippen molar-refractivity contribution in [3.8, 4) is 0 Å². The molecule has 0 amide bonds. The highest BCUT2D eigenvalue weighted by atomic mass is 127. The van der Waals surface area contributed by atoms with Crippen LogP contribution in [0.4, 0.5) is 11.4 Å². The third-order valence-electron chi connectivity index (χ3n) is 1.61. The zero-order chi connectivity index (χ0) is 9.14. The van der Waals surface area contributed by atoms with Gasteiger partial charge >= 0.3 is 0 Å². The SMILES string of the molecule is CN(I)c1ccc(N)c(C=[NH2+])c1. The van der Waals surface area contributed by atoms with E-state index >= 15 is 0 Å². The van der Waals surface area contributed by atoms with Gasteiger partial charge in [-0.15, -0.1) is 0 Å².